The van der Waals surface area contributed by atoms with Gasteiger partial charge in [0.05, 0.1) is 11.4 Å². The van der Waals surface area contributed by atoms with E-state index in [4.69, 9.17) is 4.98 Å². The SMILES string of the molecule is C=C/C(=C/C)C1=C(CC)N(c2cc(C(=C)C#C/C=C\CC)cc(C3=CC=CCC=C3)c2)c2cccnc2/C1=C/Cc1ccccc1.CC. The number of aromatic nitrogens is 1. The molecule has 2 aromatic carbocycles. The summed E-state index contributed by atoms with van der Waals surface area (Å²) >= 11 is 0. The van der Waals surface area contributed by atoms with Gasteiger partial charge >= 0.3 is 0 Å². The molecule has 48 heavy (non-hydrogen) atoms. The van der Waals surface area contributed by atoms with E-state index in [9.17, 15) is 0 Å². The zero-order valence-electron chi connectivity index (χ0n) is 29.3. The van der Waals surface area contributed by atoms with Crippen LogP contribution in [0.1, 0.15) is 76.3 Å². The summed E-state index contributed by atoms with van der Waals surface area (Å²) in [6, 6.07) is 21.5. The van der Waals surface area contributed by atoms with E-state index in [1.54, 1.807) is 0 Å². The average molecular weight is 629 g/mol. The van der Waals surface area contributed by atoms with Crippen LogP contribution in [0.25, 0.3) is 16.7 Å². The predicted molar refractivity (Wildman–Crippen MR) is 211 cm³/mol. The molecule has 0 amide bonds. The minimum absolute atomic E-state index is 0.784. The Labute approximate surface area is 289 Å². The third-order valence-electron chi connectivity index (χ3n) is 8.15. The van der Waals surface area contributed by atoms with Crippen LogP contribution >= 0.6 is 0 Å². The maximum absolute atomic E-state index is 5.01. The Bertz CT molecular complexity index is 1890. The van der Waals surface area contributed by atoms with E-state index in [2.05, 4.69) is 154 Å². The van der Waals surface area contributed by atoms with Crippen molar-refractivity contribution in [3.8, 4) is 11.8 Å². The van der Waals surface area contributed by atoms with Crippen molar-refractivity contribution in [2.45, 2.75) is 60.3 Å². The van der Waals surface area contributed by atoms with Gasteiger partial charge in [-0.1, -0.05) is 138 Å². The van der Waals surface area contributed by atoms with Gasteiger partial charge in [-0.05, 0) is 96.9 Å². The van der Waals surface area contributed by atoms with E-state index < -0.39 is 0 Å². The standard InChI is InChI=1S/C44H42N2.C2H6/c1-6-10-11-15-21-33(5)37-30-38(36-24-18-12-13-19-25-36)32-39(31-37)46-41(9-4)43(35(7-2)8-3)40(44-42(46)26-20-29-45-44)28-27-34-22-16-14-17-23-34;1-2/h7-8,10-12,14,16-20,22-26,28-32H,2,5-6,9,13,27H2,1,3-4H3;1-2H3/b11-10-,35-8-,40-28+;. The van der Waals surface area contributed by atoms with Crippen molar-refractivity contribution in [1.29, 1.82) is 0 Å². The Morgan fingerprint density at radius 1 is 1.02 bits per heavy atom. The molecule has 5 rings (SSSR count). The number of hydrogen-bond donors (Lipinski definition) is 0. The molecule has 1 aliphatic heterocycles. The third-order valence-corrected chi connectivity index (χ3v) is 8.15. The number of nitrogens with zero attached hydrogens (tertiary/aromatic N) is 2. The molecule has 1 aromatic heterocycles. The van der Waals surface area contributed by atoms with Crippen molar-refractivity contribution in [3.05, 3.63) is 180 Å². The summed E-state index contributed by atoms with van der Waals surface area (Å²) < 4.78 is 0. The Morgan fingerprint density at radius 2 is 1.83 bits per heavy atom. The van der Waals surface area contributed by atoms with E-state index in [1.165, 1.54) is 11.3 Å². The van der Waals surface area contributed by atoms with E-state index in [0.717, 1.165) is 81.7 Å². The van der Waals surface area contributed by atoms with Crippen LogP contribution in [0.5, 0.6) is 0 Å². The van der Waals surface area contributed by atoms with Crippen LogP contribution in [0.2, 0.25) is 0 Å². The molecule has 0 saturated heterocycles. The van der Waals surface area contributed by atoms with Crippen LogP contribution in [0.15, 0.2) is 158 Å². The Morgan fingerprint density at radius 3 is 2.56 bits per heavy atom. The lowest BCUT2D eigenvalue weighted by molar-refractivity contribution is 0.972. The van der Waals surface area contributed by atoms with Gasteiger partial charge in [-0.15, -0.1) is 0 Å². The summed E-state index contributed by atoms with van der Waals surface area (Å²) in [4.78, 5) is 7.40. The Hall–Kier alpha value is -5.39. The molecule has 0 fully saturated rings. The summed E-state index contributed by atoms with van der Waals surface area (Å²) in [6.45, 7) is 19.0. The minimum Gasteiger partial charge on any atom is -0.311 e. The van der Waals surface area contributed by atoms with Gasteiger partial charge < -0.3 is 4.90 Å². The minimum atomic E-state index is 0.784. The molecule has 0 unspecified atom stereocenters. The molecule has 0 radical (unpaired) electrons. The molecule has 1 aliphatic carbocycles. The fraction of sp³-hybridized carbons (Fsp3) is 0.196. The molecular formula is C46H48N2. The predicted octanol–water partition coefficient (Wildman–Crippen LogP) is 12.6. The zero-order chi connectivity index (χ0) is 34.3. The van der Waals surface area contributed by atoms with Crippen LogP contribution in [-0.2, 0) is 6.42 Å². The number of rotatable bonds is 9. The number of hydrogen-bond acceptors (Lipinski definition) is 2. The molecule has 0 saturated carbocycles. The van der Waals surface area contributed by atoms with E-state index in [0.29, 0.717) is 0 Å². The first-order valence-corrected chi connectivity index (χ1v) is 17.2. The molecule has 3 aromatic rings. The smallest absolute Gasteiger partial charge is 0.0946 e. The fourth-order valence-corrected chi connectivity index (χ4v) is 5.90. The molecule has 2 nitrogen and oxygen atoms in total. The van der Waals surface area contributed by atoms with E-state index in [-0.39, 0.29) is 0 Å². The maximum Gasteiger partial charge on any atom is 0.0946 e. The van der Waals surface area contributed by atoms with Gasteiger partial charge in [0.1, 0.15) is 0 Å². The van der Waals surface area contributed by atoms with Crippen molar-refractivity contribution in [2.24, 2.45) is 0 Å². The third kappa shape index (κ3) is 8.30. The van der Waals surface area contributed by atoms with Crippen LogP contribution in [0.4, 0.5) is 11.4 Å². The largest absolute Gasteiger partial charge is 0.311 e. The van der Waals surface area contributed by atoms with Gasteiger partial charge in [-0.25, -0.2) is 0 Å². The molecule has 0 bridgehead atoms. The van der Waals surface area contributed by atoms with E-state index in [1.807, 2.05) is 38.3 Å². The van der Waals surface area contributed by atoms with E-state index >= 15 is 0 Å². The van der Waals surface area contributed by atoms with Crippen molar-refractivity contribution < 1.29 is 0 Å². The number of anilines is 2. The topological polar surface area (TPSA) is 16.1 Å². The summed E-state index contributed by atoms with van der Waals surface area (Å²) in [5.74, 6) is 6.45. The summed E-state index contributed by atoms with van der Waals surface area (Å²) in [5.41, 5.74) is 12.9. The average Bonchev–Trinajstić information content (AvgIpc) is 3.44. The van der Waals surface area contributed by atoms with Crippen LogP contribution in [-0.4, -0.2) is 4.98 Å². The number of benzene rings is 2. The van der Waals surface area contributed by atoms with Gasteiger partial charge in [0.2, 0.25) is 0 Å². The van der Waals surface area contributed by atoms with Crippen molar-refractivity contribution >= 4 is 28.1 Å². The molecule has 0 atom stereocenters. The molecular weight excluding hydrogens is 581 g/mol. The molecule has 2 heteroatoms. The normalized spacial score (nSPS) is 14.9. The van der Waals surface area contributed by atoms with Gasteiger partial charge in [-0.3, -0.25) is 4.98 Å². The number of fused-ring (bicyclic) bond motifs is 1. The molecule has 242 valence electrons. The Kier molecular flexibility index (Phi) is 13.4. The lowest BCUT2D eigenvalue weighted by atomic mass is 9.85. The first-order chi connectivity index (χ1) is 23.6. The van der Waals surface area contributed by atoms with Gasteiger partial charge in [-0.2, -0.15) is 0 Å². The molecule has 0 spiro atoms. The number of allylic oxidation sites excluding steroid dienone is 16. The Balaban J connectivity index is 0.00000255. The maximum atomic E-state index is 5.01. The number of pyridine rings is 1. The highest BCUT2D eigenvalue weighted by atomic mass is 15.2. The molecule has 2 aliphatic rings. The van der Waals surface area contributed by atoms with Crippen molar-refractivity contribution in [3.63, 3.8) is 0 Å². The van der Waals surface area contributed by atoms with Crippen molar-refractivity contribution in [1.82, 2.24) is 4.98 Å². The lowest BCUT2D eigenvalue weighted by Crippen LogP contribution is -2.25. The highest BCUT2D eigenvalue weighted by Crippen LogP contribution is 2.48. The lowest BCUT2D eigenvalue weighted by Gasteiger charge is -2.37. The second-order valence-electron chi connectivity index (χ2n) is 11.2. The highest BCUT2D eigenvalue weighted by Gasteiger charge is 2.31. The highest BCUT2D eigenvalue weighted by molar-refractivity contribution is 5.97. The molecule has 2 heterocycles. The fourth-order valence-electron chi connectivity index (χ4n) is 5.90. The zero-order valence-corrected chi connectivity index (χ0v) is 29.3. The second kappa shape index (κ2) is 18.1. The monoisotopic (exact) mass is 628 g/mol. The molecule has 0 N–H and O–H groups in total. The summed E-state index contributed by atoms with van der Waals surface area (Å²) in [5, 5.41) is 0. The summed E-state index contributed by atoms with van der Waals surface area (Å²) in [6.07, 6.45) is 26.7. The van der Waals surface area contributed by atoms with Crippen LogP contribution in [0.3, 0.4) is 0 Å². The van der Waals surface area contributed by atoms with Gasteiger partial charge in [0.15, 0.2) is 0 Å². The second-order valence-corrected chi connectivity index (χ2v) is 11.2. The van der Waals surface area contributed by atoms with Gasteiger partial charge in [0.25, 0.3) is 0 Å². The van der Waals surface area contributed by atoms with Crippen LogP contribution in [0, 0.1) is 11.8 Å². The first kappa shape index (κ1) is 35.5. The first-order valence-electron chi connectivity index (χ1n) is 17.2. The van der Waals surface area contributed by atoms with Gasteiger partial charge in [0, 0.05) is 34.3 Å². The van der Waals surface area contributed by atoms with Crippen molar-refractivity contribution in [2.75, 3.05) is 4.90 Å². The quantitative estimate of drug-likeness (QED) is 0.173. The van der Waals surface area contributed by atoms with Crippen LogP contribution < -0.4 is 4.90 Å². The summed E-state index contributed by atoms with van der Waals surface area (Å²) in [7, 11) is 0.